The van der Waals surface area contributed by atoms with Gasteiger partial charge in [-0.3, -0.25) is 9.69 Å². The first-order valence-electron chi connectivity index (χ1n) is 9.60. The number of amides is 1. The third-order valence-electron chi connectivity index (χ3n) is 5.31. The van der Waals surface area contributed by atoms with E-state index in [4.69, 9.17) is 14.2 Å². The van der Waals surface area contributed by atoms with Crippen LogP contribution >= 0.6 is 0 Å². The maximum atomic E-state index is 12.5. The number of benzene rings is 2. The summed E-state index contributed by atoms with van der Waals surface area (Å²) in [5, 5.41) is 0. The molecule has 148 valence electrons. The van der Waals surface area contributed by atoms with Crippen molar-refractivity contribution in [3.8, 4) is 5.75 Å². The highest BCUT2D eigenvalue weighted by Gasteiger charge is 2.43. The van der Waals surface area contributed by atoms with E-state index < -0.39 is 5.60 Å². The average molecular weight is 382 g/mol. The lowest BCUT2D eigenvalue weighted by atomic mass is 10.0. The minimum Gasteiger partial charge on any atom is -0.497 e. The topological polar surface area (TPSA) is 51.2 Å². The zero-order valence-electron chi connectivity index (χ0n) is 16.2. The smallest absolute Gasteiger partial charge is 0.253 e. The molecule has 0 N–H and O–H groups in total. The van der Waals surface area contributed by atoms with Crippen LogP contribution in [-0.2, 0) is 20.8 Å². The lowest BCUT2D eigenvalue weighted by Gasteiger charge is -2.43. The number of hydrogen-bond acceptors (Lipinski definition) is 5. The molecular formula is C22H26N2O4. The molecule has 4 rings (SSSR count). The first-order valence-corrected chi connectivity index (χ1v) is 9.60. The van der Waals surface area contributed by atoms with Gasteiger partial charge in [-0.2, -0.15) is 0 Å². The number of nitrogens with zero attached hydrogens (tertiary/aromatic N) is 2. The van der Waals surface area contributed by atoms with Crippen LogP contribution in [0.5, 0.6) is 5.75 Å². The summed E-state index contributed by atoms with van der Waals surface area (Å²) in [6.45, 7) is 4.07. The zero-order chi connectivity index (χ0) is 19.4. The molecule has 1 atom stereocenters. The molecule has 1 spiro atoms. The van der Waals surface area contributed by atoms with Gasteiger partial charge < -0.3 is 19.1 Å². The molecule has 0 aromatic heterocycles. The van der Waals surface area contributed by atoms with E-state index in [2.05, 4.69) is 17.0 Å². The van der Waals surface area contributed by atoms with Gasteiger partial charge in [0.15, 0.2) is 0 Å². The van der Waals surface area contributed by atoms with Crippen molar-refractivity contribution in [1.82, 2.24) is 4.90 Å². The first-order chi connectivity index (χ1) is 13.7. The molecule has 6 heteroatoms. The van der Waals surface area contributed by atoms with Gasteiger partial charge in [0.25, 0.3) is 5.91 Å². The molecule has 0 bridgehead atoms. The summed E-state index contributed by atoms with van der Waals surface area (Å²) in [5.41, 5.74) is 1.60. The van der Waals surface area contributed by atoms with Crippen molar-refractivity contribution in [3.63, 3.8) is 0 Å². The van der Waals surface area contributed by atoms with Gasteiger partial charge in [0, 0.05) is 25.3 Å². The Morgan fingerprint density at radius 3 is 2.61 bits per heavy atom. The fraction of sp³-hybridized carbons (Fsp3) is 0.409. The number of methoxy groups -OCH3 is 1. The number of morpholine rings is 1. The molecule has 2 fully saturated rings. The van der Waals surface area contributed by atoms with Crippen molar-refractivity contribution in [2.45, 2.75) is 12.1 Å². The Balaban J connectivity index is 1.50. The fourth-order valence-corrected chi connectivity index (χ4v) is 3.85. The van der Waals surface area contributed by atoms with Crippen molar-refractivity contribution in [2.24, 2.45) is 0 Å². The van der Waals surface area contributed by atoms with E-state index in [9.17, 15) is 4.79 Å². The van der Waals surface area contributed by atoms with Crippen molar-refractivity contribution >= 4 is 11.6 Å². The first kappa shape index (κ1) is 18.9. The van der Waals surface area contributed by atoms with Gasteiger partial charge >= 0.3 is 0 Å². The van der Waals surface area contributed by atoms with Crippen LogP contribution in [0.4, 0.5) is 5.69 Å². The van der Waals surface area contributed by atoms with Crippen LogP contribution in [0.25, 0.3) is 0 Å². The van der Waals surface area contributed by atoms with Gasteiger partial charge in [-0.15, -0.1) is 0 Å². The predicted octanol–water partition coefficient (Wildman–Crippen LogP) is 2.33. The molecule has 2 aliphatic rings. The van der Waals surface area contributed by atoms with Crippen LogP contribution in [0.15, 0.2) is 54.6 Å². The number of hydrogen-bond donors (Lipinski definition) is 0. The van der Waals surface area contributed by atoms with Crippen LogP contribution in [0.3, 0.4) is 0 Å². The highest BCUT2D eigenvalue weighted by molar-refractivity contribution is 5.95. The van der Waals surface area contributed by atoms with Gasteiger partial charge in [-0.05, 0) is 29.8 Å². The molecule has 6 nitrogen and oxygen atoms in total. The van der Waals surface area contributed by atoms with Crippen LogP contribution < -0.4 is 9.64 Å². The standard InChI is InChI=1S/C22H26N2O4/c1-26-20-9-7-18(8-10-20)13-23-11-12-27-17-22(15-23)16-24(21(25)14-28-22)19-5-3-2-4-6-19/h2-10H,11-17H2,1H3/t22-/m1/s1. The van der Waals surface area contributed by atoms with Gasteiger partial charge in [0.2, 0.25) is 0 Å². The maximum absolute atomic E-state index is 12.5. The predicted molar refractivity (Wildman–Crippen MR) is 107 cm³/mol. The molecule has 0 unspecified atom stereocenters. The summed E-state index contributed by atoms with van der Waals surface area (Å²) in [6, 6.07) is 17.9. The number of anilines is 1. The zero-order valence-corrected chi connectivity index (χ0v) is 16.2. The van der Waals surface area contributed by atoms with E-state index in [1.54, 1.807) is 7.11 Å². The molecule has 0 radical (unpaired) electrons. The van der Waals surface area contributed by atoms with E-state index in [-0.39, 0.29) is 12.5 Å². The monoisotopic (exact) mass is 382 g/mol. The molecule has 0 saturated carbocycles. The second-order valence-corrected chi connectivity index (χ2v) is 7.40. The van der Waals surface area contributed by atoms with Gasteiger partial charge in [0.05, 0.1) is 26.9 Å². The van der Waals surface area contributed by atoms with E-state index >= 15 is 0 Å². The maximum Gasteiger partial charge on any atom is 0.253 e. The van der Waals surface area contributed by atoms with E-state index in [0.717, 1.165) is 31.1 Å². The Morgan fingerprint density at radius 1 is 1.07 bits per heavy atom. The number of carbonyl (C=O) groups is 1. The molecule has 2 aromatic rings. The van der Waals surface area contributed by atoms with Crippen molar-refractivity contribution in [3.05, 3.63) is 60.2 Å². The van der Waals surface area contributed by atoms with Crippen molar-refractivity contribution in [2.75, 3.05) is 51.5 Å². The number of ether oxygens (including phenoxy) is 3. The van der Waals surface area contributed by atoms with E-state index in [1.165, 1.54) is 5.56 Å². The summed E-state index contributed by atoms with van der Waals surface area (Å²) in [5.74, 6) is 0.842. The third-order valence-corrected chi connectivity index (χ3v) is 5.31. The Hall–Kier alpha value is -2.41. The normalized spacial score (nSPS) is 23.6. The number of carbonyl (C=O) groups excluding carboxylic acids is 1. The van der Waals surface area contributed by atoms with Gasteiger partial charge in [0.1, 0.15) is 18.0 Å². The molecule has 2 saturated heterocycles. The number of rotatable bonds is 4. The number of para-hydroxylation sites is 1. The largest absolute Gasteiger partial charge is 0.497 e. The molecule has 2 aliphatic heterocycles. The second-order valence-electron chi connectivity index (χ2n) is 7.40. The molecule has 2 aromatic carbocycles. The van der Waals surface area contributed by atoms with Gasteiger partial charge in [-0.1, -0.05) is 30.3 Å². The Kier molecular flexibility index (Phi) is 5.62. The van der Waals surface area contributed by atoms with Gasteiger partial charge in [-0.25, -0.2) is 0 Å². The highest BCUT2D eigenvalue weighted by Crippen LogP contribution is 2.27. The van der Waals surface area contributed by atoms with E-state index in [0.29, 0.717) is 19.8 Å². The summed E-state index contributed by atoms with van der Waals surface area (Å²) < 4.78 is 17.2. The quantitative estimate of drug-likeness (QED) is 0.812. The van der Waals surface area contributed by atoms with Crippen LogP contribution in [0, 0.1) is 0 Å². The second kappa shape index (κ2) is 8.31. The molecule has 28 heavy (non-hydrogen) atoms. The van der Waals surface area contributed by atoms with Crippen molar-refractivity contribution < 1.29 is 19.0 Å². The van der Waals surface area contributed by atoms with Crippen LogP contribution in [0.1, 0.15) is 5.56 Å². The summed E-state index contributed by atoms with van der Waals surface area (Å²) in [4.78, 5) is 16.6. The Morgan fingerprint density at radius 2 is 1.86 bits per heavy atom. The molecule has 2 heterocycles. The highest BCUT2D eigenvalue weighted by atomic mass is 16.6. The SMILES string of the molecule is COc1ccc(CN2CCOC[C@@]3(C2)CN(c2ccccc2)C(=O)CO3)cc1. The molecule has 0 aliphatic carbocycles. The Bertz CT molecular complexity index is 796. The third kappa shape index (κ3) is 4.19. The lowest BCUT2D eigenvalue weighted by Crippen LogP contribution is -2.60. The van der Waals surface area contributed by atoms with E-state index in [1.807, 2.05) is 47.4 Å². The van der Waals surface area contributed by atoms with Crippen LogP contribution in [-0.4, -0.2) is 63.0 Å². The minimum atomic E-state index is -0.521. The summed E-state index contributed by atoms with van der Waals surface area (Å²) >= 11 is 0. The van der Waals surface area contributed by atoms with Crippen LogP contribution in [0.2, 0.25) is 0 Å². The minimum absolute atomic E-state index is 0.0113. The Labute approximate surface area is 165 Å². The summed E-state index contributed by atoms with van der Waals surface area (Å²) in [7, 11) is 1.67. The lowest BCUT2D eigenvalue weighted by molar-refractivity contribution is -0.146. The summed E-state index contributed by atoms with van der Waals surface area (Å²) in [6.07, 6.45) is 0. The molecule has 1 amide bonds. The van der Waals surface area contributed by atoms with Crippen molar-refractivity contribution in [1.29, 1.82) is 0 Å². The average Bonchev–Trinajstić information content (AvgIpc) is 2.93. The fourth-order valence-electron chi connectivity index (χ4n) is 3.85. The molecular weight excluding hydrogens is 356 g/mol.